The van der Waals surface area contributed by atoms with Gasteiger partial charge in [0.05, 0.1) is 6.54 Å². The molecule has 0 aliphatic carbocycles. The lowest BCUT2D eigenvalue weighted by Crippen LogP contribution is -2.41. The van der Waals surface area contributed by atoms with Crippen LogP contribution in [0.25, 0.3) is 11.4 Å². The van der Waals surface area contributed by atoms with Crippen LogP contribution < -0.4 is 5.32 Å². The maximum Gasteiger partial charge on any atom is 0.240 e. The Kier molecular flexibility index (Phi) is 5.04. The van der Waals surface area contributed by atoms with Gasteiger partial charge in [-0.05, 0) is 36.6 Å². The zero-order chi connectivity index (χ0) is 17.8. The van der Waals surface area contributed by atoms with Gasteiger partial charge >= 0.3 is 0 Å². The number of rotatable bonds is 6. The molecule has 2 aromatic heterocycles. The minimum atomic E-state index is 0.342. The molecule has 134 valence electrons. The second-order valence-corrected chi connectivity index (χ2v) is 6.79. The first kappa shape index (κ1) is 16.9. The second-order valence-electron chi connectivity index (χ2n) is 6.79. The molecule has 3 heterocycles. The number of nitrogens with zero attached hydrogens (tertiary/aromatic N) is 4. The van der Waals surface area contributed by atoms with Crippen molar-refractivity contribution < 1.29 is 4.52 Å². The van der Waals surface area contributed by atoms with E-state index >= 15 is 0 Å². The largest absolute Gasteiger partial charge is 0.338 e. The van der Waals surface area contributed by atoms with E-state index < -0.39 is 0 Å². The Morgan fingerprint density at radius 2 is 2.08 bits per heavy atom. The van der Waals surface area contributed by atoms with E-state index in [1.54, 1.807) is 12.4 Å². The molecular weight excluding hydrogens is 326 g/mol. The Hall–Kier alpha value is -2.57. The summed E-state index contributed by atoms with van der Waals surface area (Å²) in [5.41, 5.74) is 3.80. The maximum absolute atomic E-state index is 5.34. The van der Waals surface area contributed by atoms with E-state index in [9.17, 15) is 0 Å². The van der Waals surface area contributed by atoms with Crippen LogP contribution in [0, 0.1) is 0 Å². The van der Waals surface area contributed by atoms with E-state index in [2.05, 4.69) is 56.5 Å². The molecule has 0 amide bonds. The summed E-state index contributed by atoms with van der Waals surface area (Å²) in [6.07, 6.45) is 4.59. The molecule has 0 spiro atoms. The van der Waals surface area contributed by atoms with Crippen molar-refractivity contribution in [3.63, 3.8) is 0 Å². The standard InChI is InChI=1S/C20H23N5O/c1-15(13-25-10-8-16-5-2-3-6-18(16)14-25)22-12-19-23-20(24-26-19)17-7-4-9-21-11-17/h2-7,9,11,15,22H,8,10,12-14H2,1H3. The highest BCUT2D eigenvalue weighted by Gasteiger charge is 2.18. The van der Waals surface area contributed by atoms with Crippen molar-refractivity contribution in [3.05, 3.63) is 65.8 Å². The van der Waals surface area contributed by atoms with Crippen LogP contribution >= 0.6 is 0 Å². The molecule has 3 aromatic rings. The molecule has 6 nitrogen and oxygen atoms in total. The minimum absolute atomic E-state index is 0.342. The summed E-state index contributed by atoms with van der Waals surface area (Å²) >= 11 is 0. The third-order valence-corrected chi connectivity index (χ3v) is 4.73. The summed E-state index contributed by atoms with van der Waals surface area (Å²) in [5.74, 6) is 1.18. The molecule has 1 atom stereocenters. The summed E-state index contributed by atoms with van der Waals surface area (Å²) in [6.45, 7) is 5.89. The molecule has 0 fully saturated rings. The Bertz CT molecular complexity index is 848. The van der Waals surface area contributed by atoms with Gasteiger partial charge in [-0.2, -0.15) is 4.98 Å². The van der Waals surface area contributed by atoms with Gasteiger partial charge in [0.2, 0.25) is 11.7 Å². The molecule has 0 saturated carbocycles. The summed E-state index contributed by atoms with van der Waals surface area (Å²) in [4.78, 5) is 11.0. The first-order valence-corrected chi connectivity index (χ1v) is 9.03. The van der Waals surface area contributed by atoms with Gasteiger partial charge < -0.3 is 9.84 Å². The number of nitrogens with one attached hydrogen (secondary N) is 1. The average Bonchev–Trinajstić information content (AvgIpc) is 3.16. The van der Waals surface area contributed by atoms with Gasteiger partial charge in [0.15, 0.2) is 0 Å². The van der Waals surface area contributed by atoms with Gasteiger partial charge in [-0.1, -0.05) is 29.4 Å². The van der Waals surface area contributed by atoms with E-state index in [0.717, 1.165) is 31.6 Å². The zero-order valence-electron chi connectivity index (χ0n) is 14.9. The molecule has 4 rings (SSSR count). The normalized spacial score (nSPS) is 15.6. The second kappa shape index (κ2) is 7.76. The minimum Gasteiger partial charge on any atom is -0.338 e. The van der Waals surface area contributed by atoms with E-state index in [0.29, 0.717) is 24.3 Å². The molecule has 1 unspecified atom stereocenters. The van der Waals surface area contributed by atoms with E-state index in [4.69, 9.17) is 4.52 Å². The van der Waals surface area contributed by atoms with E-state index in [1.807, 2.05) is 12.1 Å². The van der Waals surface area contributed by atoms with Crippen LogP contribution in [0.2, 0.25) is 0 Å². The van der Waals surface area contributed by atoms with Crippen molar-refractivity contribution in [2.45, 2.75) is 32.5 Å². The first-order valence-electron chi connectivity index (χ1n) is 9.03. The van der Waals surface area contributed by atoms with Crippen LogP contribution in [-0.2, 0) is 19.5 Å². The molecule has 1 N–H and O–H groups in total. The molecule has 26 heavy (non-hydrogen) atoms. The van der Waals surface area contributed by atoms with Crippen LogP contribution in [0.5, 0.6) is 0 Å². The highest BCUT2D eigenvalue weighted by Crippen LogP contribution is 2.18. The Labute approximate surface area is 153 Å². The third-order valence-electron chi connectivity index (χ3n) is 4.73. The lowest BCUT2D eigenvalue weighted by molar-refractivity contribution is 0.226. The zero-order valence-corrected chi connectivity index (χ0v) is 14.9. The molecule has 6 heteroatoms. The van der Waals surface area contributed by atoms with Crippen molar-refractivity contribution >= 4 is 0 Å². The predicted octanol–water partition coefficient (Wildman–Crippen LogP) is 2.67. The summed E-state index contributed by atoms with van der Waals surface area (Å²) in [6, 6.07) is 12.9. The van der Waals surface area contributed by atoms with Crippen molar-refractivity contribution in [3.8, 4) is 11.4 Å². The highest BCUT2D eigenvalue weighted by molar-refractivity contribution is 5.51. The van der Waals surface area contributed by atoms with Crippen molar-refractivity contribution in [2.24, 2.45) is 0 Å². The molecule has 0 radical (unpaired) electrons. The fourth-order valence-electron chi connectivity index (χ4n) is 3.36. The number of pyridine rings is 1. The quantitative estimate of drug-likeness (QED) is 0.738. The average molecular weight is 349 g/mol. The van der Waals surface area contributed by atoms with Crippen molar-refractivity contribution in [1.29, 1.82) is 0 Å². The Balaban J connectivity index is 1.28. The van der Waals surface area contributed by atoms with Crippen LogP contribution in [0.3, 0.4) is 0 Å². The fraction of sp³-hybridized carbons (Fsp3) is 0.350. The summed E-state index contributed by atoms with van der Waals surface area (Å²) in [7, 11) is 0. The van der Waals surface area contributed by atoms with Crippen molar-refractivity contribution in [1.82, 2.24) is 25.3 Å². The molecule has 1 aliphatic rings. The van der Waals surface area contributed by atoms with Gasteiger partial charge in [-0.25, -0.2) is 0 Å². The molecule has 1 aliphatic heterocycles. The van der Waals surface area contributed by atoms with Crippen LogP contribution in [0.15, 0.2) is 53.3 Å². The number of hydrogen-bond donors (Lipinski definition) is 1. The molecular formula is C20H23N5O. The topological polar surface area (TPSA) is 67.1 Å². The van der Waals surface area contributed by atoms with Crippen molar-refractivity contribution in [2.75, 3.05) is 13.1 Å². The highest BCUT2D eigenvalue weighted by atomic mass is 16.5. The lowest BCUT2D eigenvalue weighted by atomic mass is 10.00. The smallest absolute Gasteiger partial charge is 0.240 e. The monoisotopic (exact) mass is 349 g/mol. The third kappa shape index (κ3) is 3.98. The number of benzene rings is 1. The number of aromatic nitrogens is 3. The van der Waals surface area contributed by atoms with E-state index in [1.165, 1.54) is 11.1 Å². The number of fused-ring (bicyclic) bond motifs is 1. The Morgan fingerprint density at radius 3 is 2.92 bits per heavy atom. The Morgan fingerprint density at radius 1 is 1.19 bits per heavy atom. The number of hydrogen-bond acceptors (Lipinski definition) is 6. The SMILES string of the molecule is CC(CN1CCc2ccccc2C1)NCc1nc(-c2cccnc2)no1. The molecule has 1 aromatic carbocycles. The van der Waals surface area contributed by atoms with Gasteiger partial charge in [-0.3, -0.25) is 9.88 Å². The molecule has 0 saturated heterocycles. The lowest BCUT2D eigenvalue weighted by Gasteiger charge is -2.31. The van der Waals surface area contributed by atoms with Crippen LogP contribution in [0.4, 0.5) is 0 Å². The van der Waals surface area contributed by atoms with Gasteiger partial charge in [0.25, 0.3) is 0 Å². The van der Waals surface area contributed by atoms with E-state index in [-0.39, 0.29) is 0 Å². The first-order chi connectivity index (χ1) is 12.8. The van der Waals surface area contributed by atoms with Gasteiger partial charge in [0, 0.05) is 43.6 Å². The van der Waals surface area contributed by atoms with Crippen LogP contribution in [-0.4, -0.2) is 39.2 Å². The maximum atomic E-state index is 5.34. The predicted molar refractivity (Wildman–Crippen MR) is 99.3 cm³/mol. The van der Waals surface area contributed by atoms with Crippen LogP contribution in [0.1, 0.15) is 23.9 Å². The summed E-state index contributed by atoms with van der Waals surface area (Å²) < 4.78 is 5.34. The fourth-order valence-corrected chi connectivity index (χ4v) is 3.36. The van der Waals surface area contributed by atoms with Gasteiger partial charge in [-0.15, -0.1) is 0 Å². The summed E-state index contributed by atoms with van der Waals surface area (Å²) in [5, 5.41) is 7.51. The molecule has 0 bridgehead atoms. The van der Waals surface area contributed by atoms with Gasteiger partial charge in [0.1, 0.15) is 0 Å².